The maximum absolute atomic E-state index is 11.6. The van der Waals surface area contributed by atoms with Crippen LogP contribution in [-0.4, -0.2) is 52.3 Å². The summed E-state index contributed by atoms with van der Waals surface area (Å²) in [5.74, 6) is 3.18. The van der Waals surface area contributed by atoms with Crippen molar-refractivity contribution in [2.75, 3.05) is 19.6 Å². The van der Waals surface area contributed by atoms with E-state index in [9.17, 15) is 4.79 Å². The van der Waals surface area contributed by atoms with Gasteiger partial charge in [0, 0.05) is 37.4 Å². The van der Waals surface area contributed by atoms with Gasteiger partial charge in [0.15, 0.2) is 11.8 Å². The highest BCUT2D eigenvalue weighted by atomic mass is 127. The molecule has 3 N–H and O–H groups in total. The number of halogens is 1. The Hall–Kier alpha value is -1.39. The number of aryl methyl sites for hydroxylation is 1. The predicted molar refractivity (Wildman–Crippen MR) is 119 cm³/mol. The smallest absolute Gasteiger partial charge is 0.222 e. The lowest BCUT2D eigenvalue weighted by Crippen LogP contribution is -2.47. The van der Waals surface area contributed by atoms with Gasteiger partial charge >= 0.3 is 0 Å². The number of aromatic nitrogens is 3. The van der Waals surface area contributed by atoms with Crippen LogP contribution in [-0.2, 0) is 17.8 Å². The van der Waals surface area contributed by atoms with Crippen LogP contribution >= 0.6 is 24.0 Å². The van der Waals surface area contributed by atoms with E-state index in [1.165, 1.54) is 0 Å². The molecule has 2 heterocycles. The molecule has 1 atom stereocenters. The molecule has 1 aliphatic rings. The molecule has 1 aliphatic heterocycles. The van der Waals surface area contributed by atoms with Crippen LogP contribution in [0.5, 0.6) is 0 Å². The van der Waals surface area contributed by atoms with Gasteiger partial charge in [-0.15, -0.1) is 24.0 Å². The quantitative estimate of drug-likeness (QED) is 0.234. The summed E-state index contributed by atoms with van der Waals surface area (Å²) in [7, 11) is 0. The maximum Gasteiger partial charge on any atom is 0.222 e. The van der Waals surface area contributed by atoms with E-state index >= 15 is 0 Å². The molecule has 0 spiro atoms. The van der Waals surface area contributed by atoms with Gasteiger partial charge in [0.05, 0.1) is 13.1 Å². The minimum absolute atomic E-state index is 0. The van der Waals surface area contributed by atoms with Crippen molar-refractivity contribution in [3.8, 4) is 0 Å². The Kier molecular flexibility index (Phi) is 10.0. The Balaban J connectivity index is 0.00000364. The molecule has 27 heavy (non-hydrogen) atoms. The van der Waals surface area contributed by atoms with Crippen LogP contribution in [0, 0.1) is 5.92 Å². The van der Waals surface area contributed by atoms with Crippen molar-refractivity contribution in [1.82, 2.24) is 30.7 Å². The molecule has 0 aliphatic carbocycles. The zero-order valence-electron chi connectivity index (χ0n) is 17.1. The van der Waals surface area contributed by atoms with Gasteiger partial charge in [-0.1, -0.05) is 27.7 Å². The van der Waals surface area contributed by atoms with Gasteiger partial charge in [-0.25, -0.2) is 9.67 Å². The SMILES string of the molecule is CCNC(=NCCNC(=O)C(C)C)NC1CCc2nc(C(C)C)nn2C1.I. The second-order valence-corrected chi connectivity index (χ2v) is 7.31. The molecule has 0 bridgehead atoms. The van der Waals surface area contributed by atoms with Gasteiger partial charge in [-0.2, -0.15) is 5.10 Å². The number of rotatable bonds is 7. The summed E-state index contributed by atoms with van der Waals surface area (Å²) in [6, 6.07) is 0.271. The fraction of sp³-hybridized carbons (Fsp3) is 0.778. The third kappa shape index (κ3) is 7.27. The number of hydrogen-bond acceptors (Lipinski definition) is 4. The molecule has 1 unspecified atom stereocenters. The van der Waals surface area contributed by atoms with Crippen LogP contribution in [0.4, 0.5) is 0 Å². The number of fused-ring (bicyclic) bond motifs is 1. The zero-order valence-corrected chi connectivity index (χ0v) is 19.4. The van der Waals surface area contributed by atoms with Crippen molar-refractivity contribution < 1.29 is 4.79 Å². The van der Waals surface area contributed by atoms with Crippen LogP contribution in [0.1, 0.15) is 58.6 Å². The summed E-state index contributed by atoms with van der Waals surface area (Å²) >= 11 is 0. The van der Waals surface area contributed by atoms with E-state index in [4.69, 9.17) is 0 Å². The van der Waals surface area contributed by atoms with Crippen LogP contribution < -0.4 is 16.0 Å². The predicted octanol–water partition coefficient (Wildman–Crippen LogP) is 1.66. The van der Waals surface area contributed by atoms with Crippen molar-refractivity contribution >= 4 is 35.8 Å². The molecule has 9 heteroatoms. The number of guanidine groups is 1. The molecule has 1 amide bonds. The standard InChI is InChI=1S/C18H33N7O.HI/c1-6-19-18(21-10-9-20-17(26)13(4)5)22-14-7-8-15-23-16(12(2)3)24-25(15)11-14;/h12-14H,6-11H2,1-5H3,(H,20,26)(H2,19,21,22);1H. The first kappa shape index (κ1) is 23.6. The molecular weight excluding hydrogens is 457 g/mol. The Morgan fingerprint density at radius 2 is 2.04 bits per heavy atom. The van der Waals surface area contributed by atoms with E-state index in [0.29, 0.717) is 19.0 Å². The topological polar surface area (TPSA) is 96.2 Å². The Bertz CT molecular complexity index is 627. The van der Waals surface area contributed by atoms with E-state index in [-0.39, 0.29) is 41.8 Å². The van der Waals surface area contributed by atoms with Gasteiger partial charge < -0.3 is 16.0 Å². The van der Waals surface area contributed by atoms with Gasteiger partial charge in [0.25, 0.3) is 0 Å². The average molecular weight is 491 g/mol. The van der Waals surface area contributed by atoms with Gasteiger partial charge in [0.2, 0.25) is 5.91 Å². The van der Waals surface area contributed by atoms with E-state index in [0.717, 1.165) is 43.5 Å². The molecule has 1 aromatic rings. The third-order valence-corrected chi connectivity index (χ3v) is 4.28. The molecule has 1 aromatic heterocycles. The summed E-state index contributed by atoms with van der Waals surface area (Å²) in [5, 5.41) is 14.3. The Morgan fingerprint density at radius 3 is 2.67 bits per heavy atom. The molecule has 0 fully saturated rings. The first-order chi connectivity index (χ1) is 12.4. The van der Waals surface area contributed by atoms with Gasteiger partial charge in [-0.05, 0) is 13.3 Å². The van der Waals surface area contributed by atoms with Crippen LogP contribution in [0.15, 0.2) is 4.99 Å². The summed E-state index contributed by atoms with van der Waals surface area (Å²) < 4.78 is 2.02. The van der Waals surface area contributed by atoms with Crippen molar-refractivity contribution in [2.24, 2.45) is 10.9 Å². The monoisotopic (exact) mass is 491 g/mol. The Morgan fingerprint density at radius 1 is 1.30 bits per heavy atom. The largest absolute Gasteiger partial charge is 0.357 e. The fourth-order valence-electron chi connectivity index (χ4n) is 2.75. The molecule has 8 nitrogen and oxygen atoms in total. The number of aliphatic imine (C=N–C) groups is 1. The summed E-state index contributed by atoms with van der Waals surface area (Å²) in [6.45, 7) is 12.7. The van der Waals surface area contributed by atoms with E-state index < -0.39 is 0 Å². The second kappa shape index (κ2) is 11.5. The van der Waals surface area contributed by atoms with Crippen LogP contribution in [0.25, 0.3) is 0 Å². The lowest BCUT2D eigenvalue weighted by molar-refractivity contribution is -0.123. The second-order valence-electron chi connectivity index (χ2n) is 7.31. The summed E-state index contributed by atoms with van der Waals surface area (Å²) in [4.78, 5) is 20.8. The number of carbonyl (C=O) groups excluding carboxylic acids is 1. The van der Waals surface area contributed by atoms with Crippen molar-refractivity contribution in [2.45, 2.75) is 66.0 Å². The minimum Gasteiger partial charge on any atom is -0.357 e. The van der Waals surface area contributed by atoms with Crippen molar-refractivity contribution in [3.63, 3.8) is 0 Å². The normalized spacial score (nSPS) is 16.7. The molecule has 0 aromatic carbocycles. The molecular formula is C18H34IN7O. The van der Waals surface area contributed by atoms with E-state index in [1.807, 2.05) is 25.5 Å². The summed E-state index contributed by atoms with van der Waals surface area (Å²) in [6.07, 6.45) is 1.92. The molecule has 2 rings (SSSR count). The summed E-state index contributed by atoms with van der Waals surface area (Å²) in [5.41, 5.74) is 0. The minimum atomic E-state index is 0. The first-order valence-corrected chi connectivity index (χ1v) is 9.66. The van der Waals surface area contributed by atoms with Crippen molar-refractivity contribution in [3.05, 3.63) is 11.6 Å². The number of nitrogens with one attached hydrogen (secondary N) is 3. The lowest BCUT2D eigenvalue weighted by atomic mass is 10.1. The Labute approximate surface area is 179 Å². The zero-order chi connectivity index (χ0) is 19.1. The van der Waals surface area contributed by atoms with E-state index in [1.54, 1.807) is 0 Å². The van der Waals surface area contributed by atoms with Crippen LogP contribution in [0.2, 0.25) is 0 Å². The van der Waals surface area contributed by atoms with Gasteiger partial charge in [-0.3, -0.25) is 9.79 Å². The third-order valence-electron chi connectivity index (χ3n) is 4.28. The molecule has 0 radical (unpaired) electrons. The number of carbonyl (C=O) groups is 1. The van der Waals surface area contributed by atoms with E-state index in [2.05, 4.69) is 44.9 Å². The van der Waals surface area contributed by atoms with Crippen LogP contribution in [0.3, 0.4) is 0 Å². The number of nitrogens with zero attached hydrogens (tertiary/aromatic N) is 4. The lowest BCUT2D eigenvalue weighted by Gasteiger charge is -2.25. The maximum atomic E-state index is 11.6. The highest BCUT2D eigenvalue weighted by molar-refractivity contribution is 14.0. The highest BCUT2D eigenvalue weighted by Crippen LogP contribution is 2.16. The molecule has 0 saturated heterocycles. The fourth-order valence-corrected chi connectivity index (χ4v) is 2.75. The van der Waals surface area contributed by atoms with Gasteiger partial charge in [0.1, 0.15) is 5.82 Å². The number of hydrogen-bond donors (Lipinski definition) is 3. The average Bonchev–Trinajstić information content (AvgIpc) is 3.02. The van der Waals surface area contributed by atoms with Crippen molar-refractivity contribution in [1.29, 1.82) is 0 Å². The molecule has 0 saturated carbocycles. The number of amides is 1. The highest BCUT2D eigenvalue weighted by Gasteiger charge is 2.23. The first-order valence-electron chi connectivity index (χ1n) is 9.66. The molecule has 154 valence electrons.